The number of quaternary nitrogens is 1. The third-order valence-corrected chi connectivity index (χ3v) is 8.04. The van der Waals surface area contributed by atoms with Crippen molar-refractivity contribution in [3.8, 4) is 0 Å². The van der Waals surface area contributed by atoms with Crippen LogP contribution in [-0.4, -0.2) is 60.1 Å². The number of fused-ring (bicyclic) bond motifs is 3. The topological polar surface area (TPSA) is 77.7 Å². The molecule has 9 heteroatoms. The Morgan fingerprint density at radius 3 is 2.91 bits per heavy atom. The van der Waals surface area contributed by atoms with Crippen molar-refractivity contribution in [3.63, 3.8) is 0 Å². The van der Waals surface area contributed by atoms with Gasteiger partial charge in [-0.15, -0.1) is 11.3 Å². The van der Waals surface area contributed by atoms with Crippen molar-refractivity contribution < 1.29 is 14.4 Å². The summed E-state index contributed by atoms with van der Waals surface area (Å²) in [6.45, 7) is 9.28. The lowest BCUT2D eigenvalue weighted by atomic mass is 10.2. The zero-order valence-electron chi connectivity index (χ0n) is 18.7. The molecular weight excluding hydrogens is 444 g/mol. The van der Waals surface area contributed by atoms with Crippen LogP contribution in [0.1, 0.15) is 26.7 Å². The number of rotatable bonds is 9. The number of amides is 1. The first-order chi connectivity index (χ1) is 15.6. The van der Waals surface area contributed by atoms with E-state index < -0.39 is 0 Å². The molecule has 2 N–H and O–H groups in total. The number of carbonyl (C=O) groups is 1. The fourth-order valence-electron chi connectivity index (χ4n) is 3.91. The second-order valence-corrected chi connectivity index (χ2v) is 10.3. The van der Waals surface area contributed by atoms with Gasteiger partial charge in [0.25, 0.3) is 5.56 Å². The number of ether oxygens (including phenoxy) is 1. The van der Waals surface area contributed by atoms with Gasteiger partial charge in [0, 0.05) is 29.1 Å². The first-order valence-corrected chi connectivity index (χ1v) is 13.1. The Labute approximate surface area is 196 Å². The van der Waals surface area contributed by atoms with Crippen molar-refractivity contribution in [1.82, 2.24) is 14.9 Å². The molecule has 1 amide bonds. The van der Waals surface area contributed by atoms with Crippen LogP contribution in [-0.2, 0) is 16.1 Å². The molecule has 1 aliphatic heterocycles. The number of nitrogens with zero attached hydrogens (tertiary/aromatic N) is 2. The van der Waals surface area contributed by atoms with Crippen LogP contribution in [0.2, 0.25) is 0 Å². The second-order valence-electron chi connectivity index (χ2n) is 8.26. The molecule has 3 heterocycles. The lowest BCUT2D eigenvalue weighted by molar-refractivity contribution is -0.908. The highest BCUT2D eigenvalue weighted by molar-refractivity contribution is 7.99. The van der Waals surface area contributed by atoms with Crippen LogP contribution in [0.4, 0.5) is 0 Å². The highest BCUT2D eigenvalue weighted by Gasteiger charge is 2.19. The monoisotopic (exact) mass is 475 g/mol. The highest BCUT2D eigenvalue weighted by atomic mass is 32.2. The van der Waals surface area contributed by atoms with E-state index >= 15 is 0 Å². The van der Waals surface area contributed by atoms with Gasteiger partial charge in [-0.3, -0.25) is 14.2 Å². The third-order valence-electron chi connectivity index (χ3n) is 5.91. The summed E-state index contributed by atoms with van der Waals surface area (Å²) >= 11 is 2.85. The van der Waals surface area contributed by atoms with E-state index in [4.69, 9.17) is 9.72 Å². The van der Waals surface area contributed by atoms with Crippen molar-refractivity contribution in [2.24, 2.45) is 0 Å². The Hall–Kier alpha value is -1.94. The zero-order valence-corrected chi connectivity index (χ0v) is 20.3. The first kappa shape index (κ1) is 23.2. The smallest absolute Gasteiger partial charge is 0.272 e. The molecule has 2 aromatic heterocycles. The van der Waals surface area contributed by atoms with Crippen LogP contribution in [0.15, 0.2) is 34.2 Å². The molecule has 0 bridgehead atoms. The number of nitrogens with one attached hydrogen (secondary N) is 2. The fraction of sp³-hybridized carbons (Fsp3) is 0.522. The summed E-state index contributed by atoms with van der Waals surface area (Å²) in [6, 6.07) is 8.13. The standard InChI is InChI=1S/C23H30N4O3S2/c1-3-16(2)24-19(28)15-31-23-25-20-17-7-4-5-8-18(17)32-21(20)22(29)27(23)10-6-9-26-11-13-30-14-12-26/h4-5,7-8,16H,3,6,9-15H2,1-2H3,(H,24,28)/p+1. The van der Waals surface area contributed by atoms with Gasteiger partial charge in [0.15, 0.2) is 5.16 Å². The van der Waals surface area contributed by atoms with E-state index in [0.29, 0.717) is 16.4 Å². The molecular formula is C23H31N4O3S2+. The largest absolute Gasteiger partial charge is 0.370 e. The number of aromatic nitrogens is 2. The van der Waals surface area contributed by atoms with Gasteiger partial charge in [-0.05, 0) is 19.4 Å². The predicted octanol–water partition coefficient (Wildman–Crippen LogP) is 1.92. The Morgan fingerprint density at radius 2 is 2.12 bits per heavy atom. The van der Waals surface area contributed by atoms with Gasteiger partial charge in [-0.1, -0.05) is 36.9 Å². The molecule has 0 radical (unpaired) electrons. The summed E-state index contributed by atoms with van der Waals surface area (Å²) in [5.41, 5.74) is 0.744. The maximum Gasteiger partial charge on any atom is 0.272 e. The second kappa shape index (κ2) is 10.8. The van der Waals surface area contributed by atoms with E-state index in [1.807, 2.05) is 38.1 Å². The Balaban J connectivity index is 1.60. The number of thioether (sulfide) groups is 1. The number of thiophene rings is 1. The lowest BCUT2D eigenvalue weighted by Gasteiger charge is -2.23. The molecule has 4 rings (SSSR count). The molecule has 1 unspecified atom stereocenters. The molecule has 1 atom stereocenters. The van der Waals surface area contributed by atoms with Gasteiger partial charge in [0.05, 0.1) is 31.0 Å². The van der Waals surface area contributed by atoms with Gasteiger partial charge in [-0.2, -0.15) is 0 Å². The molecule has 0 spiro atoms. The molecule has 1 aromatic carbocycles. The molecule has 3 aromatic rings. The van der Waals surface area contributed by atoms with E-state index in [2.05, 4.69) is 5.32 Å². The van der Waals surface area contributed by atoms with Gasteiger partial charge in [0.1, 0.15) is 17.8 Å². The molecule has 0 aliphatic carbocycles. The van der Waals surface area contributed by atoms with Crippen LogP contribution in [0.25, 0.3) is 20.3 Å². The van der Waals surface area contributed by atoms with Crippen molar-refractivity contribution in [1.29, 1.82) is 0 Å². The molecule has 1 aliphatic rings. The maximum atomic E-state index is 13.5. The third kappa shape index (κ3) is 5.33. The molecule has 0 saturated carbocycles. The van der Waals surface area contributed by atoms with Gasteiger partial charge < -0.3 is 15.0 Å². The van der Waals surface area contributed by atoms with E-state index in [1.54, 1.807) is 4.57 Å². The lowest BCUT2D eigenvalue weighted by Crippen LogP contribution is -3.14. The van der Waals surface area contributed by atoms with Crippen molar-refractivity contribution >= 4 is 49.3 Å². The minimum Gasteiger partial charge on any atom is -0.370 e. The highest BCUT2D eigenvalue weighted by Crippen LogP contribution is 2.31. The van der Waals surface area contributed by atoms with Gasteiger partial charge in [0.2, 0.25) is 5.91 Å². The van der Waals surface area contributed by atoms with Crippen molar-refractivity contribution in [2.75, 3.05) is 38.6 Å². The summed E-state index contributed by atoms with van der Waals surface area (Å²) in [7, 11) is 0. The average molecular weight is 476 g/mol. The number of hydrogen-bond donors (Lipinski definition) is 2. The quantitative estimate of drug-likeness (QED) is 0.365. The summed E-state index contributed by atoms with van der Waals surface area (Å²) in [5, 5.41) is 4.62. The van der Waals surface area contributed by atoms with Crippen LogP contribution in [0, 0.1) is 0 Å². The minimum atomic E-state index is -0.0295. The molecule has 172 valence electrons. The van der Waals surface area contributed by atoms with Crippen LogP contribution < -0.4 is 15.8 Å². The Kier molecular flexibility index (Phi) is 7.83. The molecule has 1 saturated heterocycles. The summed E-state index contributed by atoms with van der Waals surface area (Å²) in [4.78, 5) is 32.2. The number of morpholine rings is 1. The van der Waals surface area contributed by atoms with E-state index in [0.717, 1.165) is 61.3 Å². The van der Waals surface area contributed by atoms with E-state index in [1.165, 1.54) is 28.0 Å². The summed E-state index contributed by atoms with van der Waals surface area (Å²) in [5.74, 6) is 0.220. The summed E-state index contributed by atoms with van der Waals surface area (Å²) < 4.78 is 8.98. The average Bonchev–Trinajstić information content (AvgIpc) is 3.19. The van der Waals surface area contributed by atoms with Crippen LogP contribution in [0.5, 0.6) is 0 Å². The number of benzene rings is 1. The normalized spacial score (nSPS) is 15.9. The maximum absolute atomic E-state index is 13.5. The van der Waals surface area contributed by atoms with Crippen molar-refractivity contribution in [2.45, 2.75) is 44.4 Å². The molecule has 7 nitrogen and oxygen atoms in total. The SMILES string of the molecule is CCC(C)NC(=O)CSc1nc2c(sc3ccccc32)c(=O)n1CCC[NH+]1CCOCC1. The fourth-order valence-corrected chi connectivity index (χ4v) is 5.83. The summed E-state index contributed by atoms with van der Waals surface area (Å²) in [6.07, 6.45) is 1.77. The predicted molar refractivity (Wildman–Crippen MR) is 131 cm³/mol. The number of hydrogen-bond acceptors (Lipinski definition) is 6. The Bertz CT molecular complexity index is 1140. The van der Waals surface area contributed by atoms with Crippen LogP contribution >= 0.6 is 23.1 Å². The molecule has 32 heavy (non-hydrogen) atoms. The minimum absolute atomic E-state index is 0.00184. The van der Waals surface area contributed by atoms with Crippen LogP contribution in [0.3, 0.4) is 0 Å². The van der Waals surface area contributed by atoms with Crippen molar-refractivity contribution in [3.05, 3.63) is 34.6 Å². The Morgan fingerprint density at radius 1 is 1.34 bits per heavy atom. The first-order valence-electron chi connectivity index (χ1n) is 11.3. The van der Waals surface area contributed by atoms with E-state index in [-0.39, 0.29) is 23.3 Å². The van der Waals surface area contributed by atoms with Gasteiger partial charge in [-0.25, -0.2) is 4.98 Å². The zero-order chi connectivity index (χ0) is 22.5. The number of carbonyl (C=O) groups excluding carboxylic acids is 1. The molecule has 1 fully saturated rings. The van der Waals surface area contributed by atoms with E-state index in [9.17, 15) is 9.59 Å². The van der Waals surface area contributed by atoms with Gasteiger partial charge >= 0.3 is 0 Å².